The van der Waals surface area contributed by atoms with Crippen molar-refractivity contribution in [3.63, 3.8) is 0 Å². The molecule has 0 atom stereocenters. The maximum absolute atomic E-state index is 13.2. The molecule has 8 nitrogen and oxygen atoms in total. The van der Waals surface area contributed by atoms with Crippen molar-refractivity contribution in [3.8, 4) is 0 Å². The first-order chi connectivity index (χ1) is 16.0. The van der Waals surface area contributed by atoms with E-state index in [-0.39, 0.29) is 10.8 Å². The Hall–Kier alpha value is -3.69. The molecule has 2 aromatic carbocycles. The Morgan fingerprint density at radius 2 is 1.70 bits per heavy atom. The highest BCUT2D eigenvalue weighted by Gasteiger charge is 2.29. The number of aromatic amines is 1. The van der Waals surface area contributed by atoms with Gasteiger partial charge in [-0.05, 0) is 48.5 Å². The normalized spacial score (nSPS) is 15.0. The minimum atomic E-state index is -3.67. The van der Waals surface area contributed by atoms with Gasteiger partial charge in [0.05, 0.1) is 4.90 Å². The van der Waals surface area contributed by atoms with Crippen LogP contribution in [0.15, 0.2) is 83.9 Å². The highest BCUT2D eigenvalue weighted by Crippen LogP contribution is 2.23. The first kappa shape index (κ1) is 21.2. The molecule has 0 aliphatic carbocycles. The summed E-state index contributed by atoms with van der Waals surface area (Å²) in [5.74, 6) is -0.362. The molecule has 1 aliphatic heterocycles. The first-order valence-electron chi connectivity index (χ1n) is 10.7. The second kappa shape index (κ2) is 8.68. The molecular weight excluding hydrogens is 438 g/mol. The molecule has 4 aromatic rings. The van der Waals surface area contributed by atoms with E-state index >= 15 is 0 Å². The zero-order chi connectivity index (χ0) is 22.8. The number of aromatic nitrogens is 2. The van der Waals surface area contributed by atoms with Crippen molar-refractivity contribution in [1.29, 1.82) is 0 Å². The third-order valence-corrected chi connectivity index (χ3v) is 7.62. The molecular formula is C24H23N5O3S. The second-order valence-electron chi connectivity index (χ2n) is 7.83. The summed E-state index contributed by atoms with van der Waals surface area (Å²) in [4.78, 5) is 22.2. The molecule has 168 valence electrons. The summed E-state index contributed by atoms with van der Waals surface area (Å²) >= 11 is 0. The molecule has 2 N–H and O–H groups in total. The minimum absolute atomic E-state index is 0.159. The average Bonchev–Trinajstić information content (AvgIpc) is 3.30. The largest absolute Gasteiger partial charge is 0.369 e. The van der Waals surface area contributed by atoms with Gasteiger partial charge in [-0.1, -0.05) is 24.3 Å². The second-order valence-corrected chi connectivity index (χ2v) is 9.77. The molecule has 0 bridgehead atoms. The number of pyridine rings is 1. The molecule has 2 aromatic heterocycles. The van der Waals surface area contributed by atoms with E-state index in [9.17, 15) is 13.2 Å². The van der Waals surface area contributed by atoms with Crippen LogP contribution in [0.25, 0.3) is 11.0 Å². The van der Waals surface area contributed by atoms with Crippen molar-refractivity contribution >= 4 is 38.3 Å². The summed E-state index contributed by atoms with van der Waals surface area (Å²) in [6.07, 6.45) is 1.65. The zero-order valence-corrected chi connectivity index (χ0v) is 18.6. The van der Waals surface area contributed by atoms with Crippen LogP contribution in [0.2, 0.25) is 0 Å². The predicted octanol–water partition coefficient (Wildman–Crippen LogP) is 3.33. The number of rotatable bonds is 5. The molecule has 0 radical (unpaired) electrons. The summed E-state index contributed by atoms with van der Waals surface area (Å²) < 4.78 is 28.0. The van der Waals surface area contributed by atoms with Crippen LogP contribution in [-0.4, -0.2) is 54.8 Å². The Morgan fingerprint density at radius 3 is 2.45 bits per heavy atom. The van der Waals surface area contributed by atoms with Gasteiger partial charge < -0.3 is 15.2 Å². The number of hydrogen-bond acceptors (Lipinski definition) is 5. The Labute approximate surface area is 191 Å². The molecule has 0 saturated carbocycles. The quantitative estimate of drug-likeness (QED) is 0.475. The SMILES string of the molecule is O=C(Nc1cccc(S(=O)(=O)N2CCN(c3ccccc3)CC2)c1)c1cc2cccnc2[nH]1. The van der Waals surface area contributed by atoms with Gasteiger partial charge in [0, 0.05) is 49.1 Å². The zero-order valence-electron chi connectivity index (χ0n) is 17.8. The summed E-state index contributed by atoms with van der Waals surface area (Å²) in [7, 11) is -3.67. The number of amides is 1. The molecule has 33 heavy (non-hydrogen) atoms. The van der Waals surface area contributed by atoms with E-state index in [1.807, 2.05) is 36.4 Å². The fraction of sp³-hybridized carbons (Fsp3) is 0.167. The number of carbonyl (C=O) groups excluding carboxylic acids is 1. The monoisotopic (exact) mass is 461 g/mol. The van der Waals surface area contributed by atoms with E-state index in [0.29, 0.717) is 43.2 Å². The Balaban J connectivity index is 1.29. The van der Waals surface area contributed by atoms with Crippen LogP contribution in [-0.2, 0) is 10.0 Å². The highest BCUT2D eigenvalue weighted by atomic mass is 32.2. The molecule has 1 aliphatic rings. The van der Waals surface area contributed by atoms with Crippen LogP contribution < -0.4 is 10.2 Å². The van der Waals surface area contributed by atoms with E-state index in [4.69, 9.17) is 0 Å². The molecule has 1 fully saturated rings. The van der Waals surface area contributed by atoms with Crippen molar-refractivity contribution in [3.05, 3.63) is 84.7 Å². The number of H-pyrrole nitrogens is 1. The molecule has 0 spiro atoms. The Kier molecular flexibility index (Phi) is 5.57. The number of benzene rings is 2. The fourth-order valence-corrected chi connectivity index (χ4v) is 5.46. The summed E-state index contributed by atoms with van der Waals surface area (Å²) in [5, 5.41) is 3.60. The van der Waals surface area contributed by atoms with Crippen LogP contribution in [0.4, 0.5) is 11.4 Å². The van der Waals surface area contributed by atoms with Crippen LogP contribution in [0.3, 0.4) is 0 Å². The van der Waals surface area contributed by atoms with Crippen LogP contribution in [0.1, 0.15) is 10.5 Å². The topological polar surface area (TPSA) is 98.4 Å². The smallest absolute Gasteiger partial charge is 0.272 e. The van der Waals surface area contributed by atoms with Gasteiger partial charge in [-0.2, -0.15) is 4.31 Å². The van der Waals surface area contributed by atoms with Crippen molar-refractivity contribution in [2.45, 2.75) is 4.90 Å². The summed E-state index contributed by atoms with van der Waals surface area (Å²) in [6, 6.07) is 21.7. The Morgan fingerprint density at radius 1 is 0.909 bits per heavy atom. The van der Waals surface area contributed by atoms with Crippen molar-refractivity contribution in [2.24, 2.45) is 0 Å². The number of fused-ring (bicyclic) bond motifs is 1. The molecule has 1 amide bonds. The van der Waals surface area contributed by atoms with Crippen LogP contribution in [0.5, 0.6) is 0 Å². The van der Waals surface area contributed by atoms with E-state index in [1.165, 1.54) is 10.4 Å². The standard InChI is InChI=1S/C24H23N5O3S/c30-24(22-16-18-6-5-11-25-23(18)27-22)26-19-7-4-10-21(17-19)33(31,32)29-14-12-28(13-15-29)20-8-2-1-3-9-20/h1-11,16-17H,12-15H2,(H,25,27)(H,26,30). The molecule has 9 heteroatoms. The lowest BCUT2D eigenvalue weighted by molar-refractivity contribution is 0.102. The lowest BCUT2D eigenvalue weighted by Gasteiger charge is -2.35. The number of nitrogens with zero attached hydrogens (tertiary/aromatic N) is 3. The lowest BCUT2D eigenvalue weighted by Crippen LogP contribution is -2.48. The van der Waals surface area contributed by atoms with Gasteiger partial charge in [0.2, 0.25) is 10.0 Å². The van der Waals surface area contributed by atoms with E-state index in [1.54, 1.807) is 36.5 Å². The number of sulfonamides is 1. The van der Waals surface area contributed by atoms with Gasteiger partial charge in [-0.3, -0.25) is 4.79 Å². The van der Waals surface area contributed by atoms with Gasteiger partial charge in [0.1, 0.15) is 11.3 Å². The maximum Gasteiger partial charge on any atom is 0.272 e. The number of piperazine rings is 1. The van der Waals surface area contributed by atoms with Gasteiger partial charge in [0.25, 0.3) is 5.91 Å². The van der Waals surface area contributed by atoms with Crippen molar-refractivity contribution in [2.75, 3.05) is 36.4 Å². The molecule has 1 saturated heterocycles. The lowest BCUT2D eigenvalue weighted by atomic mass is 10.2. The predicted molar refractivity (Wildman–Crippen MR) is 128 cm³/mol. The maximum atomic E-state index is 13.2. The van der Waals surface area contributed by atoms with E-state index in [0.717, 1.165) is 11.1 Å². The number of anilines is 2. The molecule has 3 heterocycles. The van der Waals surface area contributed by atoms with Gasteiger partial charge >= 0.3 is 0 Å². The average molecular weight is 462 g/mol. The number of nitrogens with one attached hydrogen (secondary N) is 2. The number of carbonyl (C=O) groups is 1. The molecule has 0 unspecified atom stereocenters. The fourth-order valence-electron chi connectivity index (χ4n) is 3.99. The minimum Gasteiger partial charge on any atom is -0.369 e. The van der Waals surface area contributed by atoms with E-state index < -0.39 is 10.0 Å². The number of para-hydroxylation sites is 1. The summed E-state index contributed by atoms with van der Waals surface area (Å²) in [5.41, 5.74) is 2.48. The third kappa shape index (κ3) is 4.33. The summed E-state index contributed by atoms with van der Waals surface area (Å²) in [6.45, 7) is 2.04. The van der Waals surface area contributed by atoms with Crippen molar-refractivity contribution in [1.82, 2.24) is 14.3 Å². The van der Waals surface area contributed by atoms with Gasteiger partial charge in [-0.15, -0.1) is 0 Å². The molecule has 5 rings (SSSR count). The van der Waals surface area contributed by atoms with Crippen molar-refractivity contribution < 1.29 is 13.2 Å². The number of hydrogen-bond donors (Lipinski definition) is 2. The van der Waals surface area contributed by atoms with Gasteiger partial charge in [-0.25, -0.2) is 13.4 Å². The van der Waals surface area contributed by atoms with Crippen LogP contribution >= 0.6 is 0 Å². The first-order valence-corrected chi connectivity index (χ1v) is 12.1. The third-order valence-electron chi connectivity index (χ3n) is 5.73. The van der Waals surface area contributed by atoms with Gasteiger partial charge in [0.15, 0.2) is 0 Å². The van der Waals surface area contributed by atoms with Crippen LogP contribution in [0, 0.1) is 0 Å². The highest BCUT2D eigenvalue weighted by molar-refractivity contribution is 7.89. The Bertz CT molecular complexity index is 1360. The van der Waals surface area contributed by atoms with E-state index in [2.05, 4.69) is 20.2 Å².